The lowest BCUT2D eigenvalue weighted by Crippen LogP contribution is -2.44. The molecule has 0 saturated heterocycles. The molecule has 2 rings (SSSR count). The summed E-state index contributed by atoms with van der Waals surface area (Å²) in [5.74, 6) is 1.96. The Morgan fingerprint density at radius 2 is 1.60 bits per heavy atom. The highest BCUT2D eigenvalue weighted by molar-refractivity contribution is 6.70. The summed E-state index contributed by atoms with van der Waals surface area (Å²) in [4.78, 5) is 26.1. The summed E-state index contributed by atoms with van der Waals surface area (Å²) in [6, 6.07) is 0. The van der Waals surface area contributed by atoms with Gasteiger partial charge in [-0.1, -0.05) is 19.8 Å². The molecule has 4 atom stereocenters. The molecule has 0 aliphatic heterocycles. The van der Waals surface area contributed by atoms with E-state index in [-0.39, 0.29) is 22.7 Å². The van der Waals surface area contributed by atoms with Crippen LogP contribution in [-0.2, 0) is 18.4 Å². The summed E-state index contributed by atoms with van der Waals surface area (Å²) in [5, 5.41) is 0. The highest BCUT2D eigenvalue weighted by Crippen LogP contribution is 2.58. The molecule has 2 aliphatic carbocycles. The van der Waals surface area contributed by atoms with Crippen LogP contribution in [0.4, 0.5) is 0 Å². The van der Waals surface area contributed by atoms with Gasteiger partial charge in [0.2, 0.25) is 0 Å². The number of carbonyl (C=O) groups is 2. The van der Waals surface area contributed by atoms with E-state index in [1.165, 1.54) is 0 Å². The maximum Gasteiger partial charge on any atom is 0.185 e. The van der Waals surface area contributed by atoms with E-state index < -0.39 is 22.2 Å². The second-order valence-corrected chi connectivity index (χ2v) is 23.7. The lowest BCUT2D eigenvalue weighted by Gasteiger charge is -2.43. The maximum atomic E-state index is 13.3. The van der Waals surface area contributed by atoms with Crippen molar-refractivity contribution in [1.29, 1.82) is 0 Å². The van der Waals surface area contributed by atoms with Crippen molar-refractivity contribution in [3.8, 4) is 0 Å². The van der Waals surface area contributed by atoms with Gasteiger partial charge in [-0.2, -0.15) is 0 Å². The fourth-order valence-corrected chi connectivity index (χ4v) is 10.8. The van der Waals surface area contributed by atoms with Gasteiger partial charge in [-0.15, -0.1) is 0 Å². The van der Waals surface area contributed by atoms with Crippen molar-refractivity contribution in [2.75, 3.05) is 0 Å². The van der Waals surface area contributed by atoms with Crippen LogP contribution in [0, 0.1) is 23.2 Å². The van der Waals surface area contributed by atoms with Gasteiger partial charge in [0.05, 0.1) is 5.60 Å². The van der Waals surface area contributed by atoms with Crippen LogP contribution in [0.3, 0.4) is 0 Å². The molecule has 6 heteroatoms. The third-order valence-corrected chi connectivity index (χ3v) is 10.7. The standard InChI is InChI=1S/C29H56O4Si2/c1-27(2,32-34(6,7)8)20-12-14-22(16-19-26(31)28(3,4)33-35(9,10)11)23-17-18-24-25(30)15-13-21-29(23,24)5/h22-24H,12-21H2,1-11H3/t22-,23+,24?,29+/m0/s1. The van der Waals surface area contributed by atoms with E-state index in [1.54, 1.807) is 0 Å². The lowest BCUT2D eigenvalue weighted by atomic mass is 9.61. The summed E-state index contributed by atoms with van der Waals surface area (Å²) in [6.45, 7) is 24.0. The predicted molar refractivity (Wildman–Crippen MR) is 152 cm³/mol. The van der Waals surface area contributed by atoms with Crippen LogP contribution in [0.1, 0.15) is 98.8 Å². The molecule has 0 aromatic heterocycles. The van der Waals surface area contributed by atoms with E-state index in [9.17, 15) is 9.59 Å². The van der Waals surface area contributed by atoms with Crippen LogP contribution in [0.2, 0.25) is 39.3 Å². The molecule has 2 saturated carbocycles. The number of fused-ring (bicyclic) bond motifs is 1. The van der Waals surface area contributed by atoms with Crippen LogP contribution < -0.4 is 0 Å². The molecule has 0 aromatic carbocycles. The smallest absolute Gasteiger partial charge is 0.185 e. The molecule has 35 heavy (non-hydrogen) atoms. The van der Waals surface area contributed by atoms with Crippen LogP contribution in [-0.4, -0.2) is 39.4 Å². The van der Waals surface area contributed by atoms with E-state index in [0.29, 0.717) is 24.0 Å². The Balaban J connectivity index is 2.14. The molecule has 2 fully saturated rings. The van der Waals surface area contributed by atoms with Crippen molar-refractivity contribution in [2.24, 2.45) is 23.2 Å². The normalized spacial score (nSPS) is 27.1. The van der Waals surface area contributed by atoms with Gasteiger partial charge in [-0.25, -0.2) is 0 Å². The van der Waals surface area contributed by atoms with Crippen molar-refractivity contribution in [3.05, 3.63) is 0 Å². The first-order valence-electron chi connectivity index (χ1n) is 14.2. The first-order valence-corrected chi connectivity index (χ1v) is 21.0. The van der Waals surface area contributed by atoms with Crippen LogP contribution in [0.5, 0.6) is 0 Å². The monoisotopic (exact) mass is 524 g/mol. The molecule has 0 spiro atoms. The first-order chi connectivity index (χ1) is 15.8. The van der Waals surface area contributed by atoms with Crippen molar-refractivity contribution < 1.29 is 18.4 Å². The maximum absolute atomic E-state index is 13.3. The summed E-state index contributed by atoms with van der Waals surface area (Å²) in [6.07, 6.45) is 9.87. The Morgan fingerprint density at radius 1 is 1.00 bits per heavy atom. The average molecular weight is 525 g/mol. The predicted octanol–water partition coefficient (Wildman–Crippen LogP) is 8.17. The highest BCUT2D eigenvalue weighted by Gasteiger charge is 2.53. The SMILES string of the molecule is CC(C)(CCC[C@@H](CCC(=O)C(C)(C)O[Si](C)(C)C)[C@H]1CCC2C(=O)CCC[C@@]21C)O[Si](C)(C)C. The molecule has 0 aromatic rings. The van der Waals surface area contributed by atoms with Gasteiger partial charge in [-0.05, 0) is 123 Å². The third kappa shape index (κ3) is 8.89. The zero-order valence-electron chi connectivity index (χ0n) is 24.9. The number of hydrogen-bond acceptors (Lipinski definition) is 4. The number of ketones is 2. The van der Waals surface area contributed by atoms with Gasteiger partial charge < -0.3 is 8.85 Å². The van der Waals surface area contributed by atoms with Crippen LogP contribution >= 0.6 is 0 Å². The van der Waals surface area contributed by atoms with Crippen molar-refractivity contribution in [3.63, 3.8) is 0 Å². The number of Topliss-reactive ketones (excluding diaryl/α,β-unsaturated/α-hetero) is 2. The minimum atomic E-state index is -1.81. The van der Waals surface area contributed by atoms with Gasteiger partial charge >= 0.3 is 0 Å². The molecule has 0 radical (unpaired) electrons. The molecular formula is C29H56O4Si2. The van der Waals surface area contributed by atoms with E-state index in [1.807, 2.05) is 13.8 Å². The molecule has 2 aliphatic rings. The summed E-state index contributed by atoms with van der Waals surface area (Å²) in [7, 11) is -3.41. The molecule has 0 N–H and O–H groups in total. The Kier molecular flexibility index (Phi) is 9.90. The van der Waals surface area contributed by atoms with Gasteiger partial charge in [-0.3, -0.25) is 9.59 Å². The molecule has 204 valence electrons. The second-order valence-electron chi connectivity index (χ2n) is 14.9. The largest absolute Gasteiger partial charge is 0.413 e. The third-order valence-electron chi connectivity index (χ3n) is 8.42. The number of hydrogen-bond donors (Lipinski definition) is 0. The van der Waals surface area contributed by atoms with Crippen molar-refractivity contribution >= 4 is 28.2 Å². The summed E-state index contributed by atoms with van der Waals surface area (Å²) < 4.78 is 12.7. The number of rotatable bonds is 13. The topological polar surface area (TPSA) is 52.6 Å². The zero-order chi connectivity index (χ0) is 26.9. The van der Waals surface area contributed by atoms with E-state index in [2.05, 4.69) is 60.1 Å². The molecule has 1 unspecified atom stereocenters. The highest BCUT2D eigenvalue weighted by atomic mass is 28.4. The molecular weight excluding hydrogens is 468 g/mol. The lowest BCUT2D eigenvalue weighted by molar-refractivity contribution is -0.134. The van der Waals surface area contributed by atoms with E-state index in [0.717, 1.165) is 57.8 Å². The quantitative estimate of drug-likeness (QED) is 0.228. The Hall–Kier alpha value is -0.306. The van der Waals surface area contributed by atoms with Gasteiger partial charge in [0.1, 0.15) is 11.4 Å². The first kappa shape index (κ1) is 30.9. The average Bonchev–Trinajstić information content (AvgIpc) is 2.98. The van der Waals surface area contributed by atoms with Gasteiger partial charge in [0.15, 0.2) is 22.4 Å². The van der Waals surface area contributed by atoms with Crippen molar-refractivity contribution in [2.45, 2.75) is 149 Å². The van der Waals surface area contributed by atoms with Gasteiger partial charge in [0, 0.05) is 18.8 Å². The molecule has 0 amide bonds. The minimum Gasteiger partial charge on any atom is -0.413 e. The minimum absolute atomic E-state index is 0.109. The molecule has 4 nitrogen and oxygen atoms in total. The number of carbonyl (C=O) groups excluding carboxylic acids is 2. The molecule has 0 heterocycles. The van der Waals surface area contributed by atoms with Crippen LogP contribution in [0.25, 0.3) is 0 Å². The van der Waals surface area contributed by atoms with E-state index in [4.69, 9.17) is 8.85 Å². The van der Waals surface area contributed by atoms with Gasteiger partial charge in [0.25, 0.3) is 0 Å². The zero-order valence-corrected chi connectivity index (χ0v) is 26.9. The van der Waals surface area contributed by atoms with E-state index >= 15 is 0 Å². The second kappa shape index (κ2) is 11.2. The van der Waals surface area contributed by atoms with Crippen molar-refractivity contribution in [1.82, 2.24) is 0 Å². The fourth-order valence-electron chi connectivity index (χ4n) is 7.40. The fraction of sp³-hybridized carbons (Fsp3) is 0.931. The summed E-state index contributed by atoms with van der Waals surface area (Å²) in [5.41, 5.74) is -0.718. The van der Waals surface area contributed by atoms with Crippen LogP contribution in [0.15, 0.2) is 0 Å². The molecule has 0 bridgehead atoms. The Morgan fingerprint density at radius 3 is 2.17 bits per heavy atom. The summed E-state index contributed by atoms with van der Waals surface area (Å²) >= 11 is 0. The Labute approximate surface area is 219 Å². The Bertz CT molecular complexity index is 747.